The van der Waals surface area contributed by atoms with Gasteiger partial charge in [-0.05, 0) is 31.9 Å². The minimum atomic E-state index is -0.336. The van der Waals surface area contributed by atoms with E-state index in [0.29, 0.717) is 13.2 Å². The summed E-state index contributed by atoms with van der Waals surface area (Å²) in [5.41, 5.74) is 11.0. The summed E-state index contributed by atoms with van der Waals surface area (Å²) in [4.78, 5) is 5.11. The molecule has 0 bridgehead atoms. The van der Waals surface area contributed by atoms with Crippen LogP contribution in [-0.2, 0) is 4.74 Å². The zero-order chi connectivity index (χ0) is 19.3. The highest BCUT2D eigenvalue weighted by Crippen LogP contribution is 2.25. The van der Waals surface area contributed by atoms with Gasteiger partial charge in [0.05, 0.1) is 24.3 Å². The molecule has 1 aliphatic heterocycles. The van der Waals surface area contributed by atoms with Crippen molar-refractivity contribution in [1.82, 2.24) is 10.3 Å². The first-order chi connectivity index (χ1) is 11.8. The van der Waals surface area contributed by atoms with Crippen molar-refractivity contribution in [2.75, 3.05) is 20.3 Å². The highest BCUT2D eigenvalue weighted by Gasteiger charge is 2.36. The van der Waals surface area contributed by atoms with Crippen LogP contribution in [0, 0.1) is 6.92 Å². The van der Waals surface area contributed by atoms with E-state index in [9.17, 15) is 0 Å². The third-order valence-electron chi connectivity index (χ3n) is 3.91. The van der Waals surface area contributed by atoms with Gasteiger partial charge in [-0.1, -0.05) is 45.4 Å². The second-order valence-corrected chi connectivity index (χ2v) is 7.21. The number of hydrogen-bond acceptors (Lipinski definition) is 5. The molecular formula is C20H35N3OS. The number of thiazole rings is 1. The fourth-order valence-corrected chi connectivity index (χ4v) is 2.12. The van der Waals surface area contributed by atoms with Gasteiger partial charge in [0, 0.05) is 23.8 Å². The number of hydrogen-bond donors (Lipinski definition) is 2. The van der Waals surface area contributed by atoms with Crippen LogP contribution in [-0.4, -0.2) is 30.8 Å². The standard InChI is InChI=1S/C12H20N2O.C4H5NS.C4H10/c1-5-11(12(13)7-15-8-12)6-9(2)10(3)14-4;1-4-2-5-3-6-4;1-3-4-2/h5-6,14H,1,7-8,13H2,2-4H3;2-3H,1H3;3-4H2,1-2H3/b10-9+,11-6+;;. The summed E-state index contributed by atoms with van der Waals surface area (Å²) >= 11 is 1.67. The van der Waals surface area contributed by atoms with Gasteiger partial charge in [0.2, 0.25) is 0 Å². The van der Waals surface area contributed by atoms with E-state index in [1.165, 1.54) is 23.3 Å². The fraction of sp³-hybridized carbons (Fsp3) is 0.550. The van der Waals surface area contributed by atoms with Crippen molar-refractivity contribution in [2.45, 2.75) is 53.0 Å². The van der Waals surface area contributed by atoms with Crippen LogP contribution in [0.3, 0.4) is 0 Å². The lowest BCUT2D eigenvalue weighted by atomic mass is 9.87. The molecule has 0 unspecified atom stereocenters. The number of nitrogens with two attached hydrogens (primary N) is 1. The van der Waals surface area contributed by atoms with Crippen LogP contribution in [0.25, 0.3) is 0 Å². The molecule has 0 radical (unpaired) electrons. The summed E-state index contributed by atoms with van der Waals surface area (Å²) in [6.07, 6.45) is 8.38. The predicted octanol–water partition coefficient (Wildman–Crippen LogP) is 4.60. The number of aromatic nitrogens is 1. The normalized spacial score (nSPS) is 16.2. The first kappa shape index (κ1) is 23.6. The summed E-state index contributed by atoms with van der Waals surface area (Å²) in [5, 5.41) is 3.11. The van der Waals surface area contributed by atoms with Crippen molar-refractivity contribution >= 4 is 11.3 Å². The molecule has 1 aromatic heterocycles. The fourth-order valence-electron chi connectivity index (χ4n) is 1.71. The Kier molecular flexibility index (Phi) is 12.1. The molecule has 1 aromatic rings. The molecule has 0 aliphatic carbocycles. The van der Waals surface area contributed by atoms with E-state index in [1.54, 1.807) is 11.3 Å². The Morgan fingerprint density at radius 1 is 1.40 bits per heavy atom. The number of nitrogens with one attached hydrogen (secondary N) is 1. The van der Waals surface area contributed by atoms with Crippen molar-refractivity contribution in [1.29, 1.82) is 0 Å². The number of allylic oxidation sites excluding steroid dienone is 3. The highest BCUT2D eigenvalue weighted by atomic mass is 32.1. The van der Waals surface area contributed by atoms with Gasteiger partial charge >= 0.3 is 0 Å². The maximum Gasteiger partial charge on any atom is 0.0883 e. The molecule has 0 aromatic carbocycles. The van der Waals surface area contributed by atoms with Crippen LogP contribution in [0.15, 0.2) is 47.3 Å². The van der Waals surface area contributed by atoms with Crippen LogP contribution in [0.5, 0.6) is 0 Å². The summed E-state index contributed by atoms with van der Waals surface area (Å²) in [6, 6.07) is 0. The number of ether oxygens (including phenoxy) is 1. The maximum absolute atomic E-state index is 6.14. The summed E-state index contributed by atoms with van der Waals surface area (Å²) in [6.45, 7) is 15.4. The average Bonchev–Trinajstić information content (AvgIpc) is 3.08. The monoisotopic (exact) mass is 365 g/mol. The van der Waals surface area contributed by atoms with Gasteiger partial charge < -0.3 is 15.8 Å². The lowest BCUT2D eigenvalue weighted by Gasteiger charge is -2.39. The minimum absolute atomic E-state index is 0.336. The Morgan fingerprint density at radius 2 is 2.00 bits per heavy atom. The van der Waals surface area contributed by atoms with E-state index in [0.717, 1.165) is 11.3 Å². The van der Waals surface area contributed by atoms with E-state index >= 15 is 0 Å². The third-order valence-corrected chi connectivity index (χ3v) is 4.61. The predicted molar refractivity (Wildman–Crippen MR) is 111 cm³/mol. The van der Waals surface area contributed by atoms with E-state index in [-0.39, 0.29) is 5.54 Å². The number of aryl methyl sites for hydroxylation is 1. The molecule has 1 aliphatic rings. The minimum Gasteiger partial charge on any atom is -0.391 e. The smallest absolute Gasteiger partial charge is 0.0883 e. The Labute approximate surface area is 157 Å². The van der Waals surface area contributed by atoms with E-state index in [1.807, 2.05) is 38.7 Å². The van der Waals surface area contributed by atoms with Crippen LogP contribution < -0.4 is 11.1 Å². The molecule has 2 rings (SSSR count). The molecule has 0 spiro atoms. The van der Waals surface area contributed by atoms with Gasteiger partial charge in [-0.25, -0.2) is 0 Å². The van der Waals surface area contributed by atoms with E-state index in [2.05, 4.69) is 43.7 Å². The molecule has 25 heavy (non-hydrogen) atoms. The van der Waals surface area contributed by atoms with Crippen LogP contribution in [0.4, 0.5) is 0 Å². The molecule has 0 amide bonds. The maximum atomic E-state index is 6.14. The largest absolute Gasteiger partial charge is 0.391 e. The van der Waals surface area contributed by atoms with E-state index < -0.39 is 0 Å². The Balaban J connectivity index is 0.000000470. The van der Waals surface area contributed by atoms with Crippen LogP contribution >= 0.6 is 11.3 Å². The first-order valence-electron chi connectivity index (χ1n) is 8.76. The molecule has 1 fully saturated rings. The zero-order valence-electron chi connectivity index (χ0n) is 16.7. The van der Waals surface area contributed by atoms with E-state index in [4.69, 9.17) is 10.5 Å². The van der Waals surface area contributed by atoms with Gasteiger partial charge in [-0.15, -0.1) is 11.3 Å². The topological polar surface area (TPSA) is 60.2 Å². The SMILES string of the molecule is C=C/C(=C\C(C)=C(/C)NC)C1(N)COC1.CCCC.Cc1cncs1. The lowest BCUT2D eigenvalue weighted by Crippen LogP contribution is -2.58. The van der Waals surface area contributed by atoms with Gasteiger partial charge in [0.25, 0.3) is 0 Å². The summed E-state index contributed by atoms with van der Waals surface area (Å²) < 4.78 is 5.14. The van der Waals surface area contributed by atoms with Crippen LogP contribution in [0.1, 0.15) is 45.4 Å². The van der Waals surface area contributed by atoms with Crippen molar-refractivity contribution in [3.05, 3.63) is 52.2 Å². The molecule has 0 atom stereocenters. The molecular weight excluding hydrogens is 330 g/mol. The average molecular weight is 366 g/mol. The highest BCUT2D eigenvalue weighted by molar-refractivity contribution is 7.09. The summed E-state index contributed by atoms with van der Waals surface area (Å²) in [7, 11) is 1.91. The van der Waals surface area contributed by atoms with Crippen LogP contribution in [0.2, 0.25) is 0 Å². The second kappa shape index (κ2) is 12.9. The van der Waals surface area contributed by atoms with Gasteiger partial charge in [-0.2, -0.15) is 0 Å². The molecule has 4 nitrogen and oxygen atoms in total. The molecule has 3 N–H and O–H groups in total. The number of nitrogens with zero attached hydrogens (tertiary/aromatic N) is 1. The van der Waals surface area contributed by atoms with Gasteiger partial charge in [-0.3, -0.25) is 4.98 Å². The molecule has 0 saturated carbocycles. The Morgan fingerprint density at radius 3 is 2.24 bits per heavy atom. The van der Waals surface area contributed by atoms with Gasteiger partial charge in [0.1, 0.15) is 0 Å². The van der Waals surface area contributed by atoms with Crippen molar-refractivity contribution in [2.24, 2.45) is 5.73 Å². The molecule has 1 saturated heterocycles. The quantitative estimate of drug-likeness (QED) is 0.749. The van der Waals surface area contributed by atoms with Crippen molar-refractivity contribution in [3.8, 4) is 0 Å². The second-order valence-electron chi connectivity index (χ2n) is 6.12. The third kappa shape index (κ3) is 9.00. The summed E-state index contributed by atoms with van der Waals surface area (Å²) in [5.74, 6) is 0. The molecule has 5 heteroatoms. The Hall–Kier alpha value is -1.43. The molecule has 2 heterocycles. The Bertz CT molecular complexity index is 541. The van der Waals surface area contributed by atoms with Crippen molar-refractivity contribution in [3.63, 3.8) is 0 Å². The number of rotatable bonds is 5. The van der Waals surface area contributed by atoms with Crippen molar-refractivity contribution < 1.29 is 4.74 Å². The lowest BCUT2D eigenvalue weighted by molar-refractivity contribution is -0.0321. The number of unbranched alkanes of at least 4 members (excludes halogenated alkanes) is 1. The first-order valence-corrected chi connectivity index (χ1v) is 9.64. The zero-order valence-corrected chi connectivity index (χ0v) is 17.5. The molecule has 142 valence electrons. The van der Waals surface area contributed by atoms with Gasteiger partial charge in [0.15, 0.2) is 0 Å².